The maximum Gasteiger partial charge on any atom is 0.337 e. The molecule has 4 N–H and O–H groups in total. The summed E-state index contributed by atoms with van der Waals surface area (Å²) in [5, 5.41) is 11.6. The number of carboxylic acid groups (broad SMARTS) is 1. The molecule has 2 aromatic rings. The number of aromatic nitrogens is 1. The van der Waals surface area contributed by atoms with Gasteiger partial charge in [-0.3, -0.25) is 9.78 Å². The number of aromatic carboxylic acids is 1. The highest BCUT2D eigenvalue weighted by molar-refractivity contribution is 6.33. The average Bonchev–Trinajstić information content (AvgIpc) is 2.41. The van der Waals surface area contributed by atoms with E-state index in [1.165, 1.54) is 24.4 Å². The molecule has 21 heavy (non-hydrogen) atoms. The minimum Gasteiger partial charge on any atom is -0.478 e. The lowest BCUT2D eigenvalue weighted by molar-refractivity contribution is -0.115. The summed E-state index contributed by atoms with van der Waals surface area (Å²) in [6, 6.07) is 7.52. The predicted molar refractivity (Wildman–Crippen MR) is 79.4 cm³/mol. The second-order valence-electron chi connectivity index (χ2n) is 4.31. The second-order valence-corrected chi connectivity index (χ2v) is 4.71. The zero-order chi connectivity index (χ0) is 15.4. The molecule has 0 fully saturated rings. The number of rotatable bonds is 4. The maximum absolute atomic E-state index is 11.9. The highest BCUT2D eigenvalue weighted by atomic mass is 35.5. The number of carboxylic acids is 1. The Balaban J connectivity index is 2.04. The van der Waals surface area contributed by atoms with Gasteiger partial charge in [-0.05, 0) is 30.3 Å². The topological polar surface area (TPSA) is 105 Å². The number of hydrogen-bond donors (Lipinski definition) is 3. The number of nitrogens with zero attached hydrogens (tertiary/aromatic N) is 1. The summed E-state index contributed by atoms with van der Waals surface area (Å²) < 4.78 is 0. The van der Waals surface area contributed by atoms with Crippen molar-refractivity contribution in [3.8, 4) is 0 Å². The van der Waals surface area contributed by atoms with Gasteiger partial charge in [0.1, 0.15) is 0 Å². The van der Waals surface area contributed by atoms with E-state index in [1.807, 2.05) is 0 Å². The molecule has 0 unspecified atom stereocenters. The summed E-state index contributed by atoms with van der Waals surface area (Å²) in [5.41, 5.74) is 7.02. The Labute approximate surface area is 125 Å². The summed E-state index contributed by atoms with van der Waals surface area (Å²) in [6.07, 6.45) is 1.56. The van der Waals surface area contributed by atoms with E-state index in [4.69, 9.17) is 22.4 Å². The van der Waals surface area contributed by atoms with Crippen molar-refractivity contribution in [2.45, 2.75) is 6.42 Å². The molecular weight excluding hydrogens is 294 g/mol. The van der Waals surface area contributed by atoms with Gasteiger partial charge >= 0.3 is 5.97 Å². The van der Waals surface area contributed by atoms with Crippen LogP contribution in [0.15, 0.2) is 36.5 Å². The minimum atomic E-state index is -1.12. The standard InChI is InChI=1S/C14H12ClN3O3/c15-12-5-10(3-4-11(12)14(20)21)18-13(19)6-9-2-1-8(16)7-17-9/h1-5,7H,6,16H2,(H,18,19)(H,20,21). The second kappa shape index (κ2) is 6.23. The largest absolute Gasteiger partial charge is 0.478 e. The van der Waals surface area contributed by atoms with E-state index < -0.39 is 5.97 Å². The zero-order valence-corrected chi connectivity index (χ0v) is 11.6. The van der Waals surface area contributed by atoms with Crippen LogP contribution >= 0.6 is 11.6 Å². The Hall–Kier alpha value is -2.60. The minimum absolute atomic E-state index is 0.0186. The first kappa shape index (κ1) is 14.8. The van der Waals surface area contributed by atoms with Crippen LogP contribution in [0, 0.1) is 0 Å². The summed E-state index contributed by atoms with van der Waals surface area (Å²) in [6.45, 7) is 0. The number of benzene rings is 1. The number of halogens is 1. The summed E-state index contributed by atoms with van der Waals surface area (Å²) >= 11 is 5.83. The van der Waals surface area contributed by atoms with Crippen LogP contribution in [0.3, 0.4) is 0 Å². The molecule has 1 aromatic carbocycles. The molecule has 1 aromatic heterocycles. The first-order chi connectivity index (χ1) is 9.95. The fourth-order valence-corrected chi connectivity index (χ4v) is 1.94. The van der Waals surface area contributed by atoms with E-state index in [-0.39, 0.29) is 22.9 Å². The predicted octanol–water partition coefficient (Wildman–Crippen LogP) is 2.20. The van der Waals surface area contributed by atoms with E-state index in [2.05, 4.69) is 10.3 Å². The number of hydrogen-bond acceptors (Lipinski definition) is 4. The maximum atomic E-state index is 11.9. The van der Waals surface area contributed by atoms with E-state index in [1.54, 1.807) is 12.1 Å². The Kier molecular flexibility index (Phi) is 4.39. The first-order valence-corrected chi connectivity index (χ1v) is 6.36. The molecule has 0 aliphatic rings. The summed E-state index contributed by atoms with van der Waals surface area (Å²) in [7, 11) is 0. The Morgan fingerprint density at radius 3 is 2.62 bits per heavy atom. The van der Waals surface area contributed by atoms with E-state index >= 15 is 0 Å². The monoisotopic (exact) mass is 305 g/mol. The Morgan fingerprint density at radius 1 is 1.29 bits per heavy atom. The quantitative estimate of drug-likeness (QED) is 0.803. The molecule has 0 aliphatic carbocycles. The van der Waals surface area contributed by atoms with Crippen molar-refractivity contribution >= 4 is 34.9 Å². The number of nitrogens with one attached hydrogen (secondary N) is 1. The zero-order valence-electron chi connectivity index (χ0n) is 10.8. The molecular formula is C14H12ClN3O3. The van der Waals surface area contributed by atoms with Crippen molar-refractivity contribution in [3.05, 3.63) is 52.8 Å². The van der Waals surface area contributed by atoms with E-state index in [0.717, 1.165) is 0 Å². The number of amides is 1. The molecule has 0 saturated carbocycles. The number of nitrogen functional groups attached to an aromatic ring is 1. The van der Waals surface area contributed by atoms with Crippen LogP contribution in [0.2, 0.25) is 5.02 Å². The summed E-state index contributed by atoms with van der Waals surface area (Å²) in [4.78, 5) is 26.7. The molecule has 7 heteroatoms. The van der Waals surface area contributed by atoms with Gasteiger partial charge in [0.2, 0.25) is 5.91 Å². The molecule has 1 heterocycles. The van der Waals surface area contributed by atoms with Crippen LogP contribution < -0.4 is 11.1 Å². The van der Waals surface area contributed by atoms with E-state index in [9.17, 15) is 9.59 Å². The van der Waals surface area contributed by atoms with Crippen molar-refractivity contribution in [1.82, 2.24) is 4.98 Å². The normalized spacial score (nSPS) is 10.1. The van der Waals surface area contributed by atoms with Gasteiger partial charge in [-0.2, -0.15) is 0 Å². The highest BCUT2D eigenvalue weighted by Gasteiger charge is 2.10. The number of pyridine rings is 1. The smallest absolute Gasteiger partial charge is 0.337 e. The van der Waals surface area contributed by atoms with Gasteiger partial charge in [0.05, 0.1) is 28.9 Å². The van der Waals surface area contributed by atoms with Gasteiger partial charge in [-0.1, -0.05) is 11.6 Å². The van der Waals surface area contributed by atoms with Gasteiger partial charge in [-0.15, -0.1) is 0 Å². The van der Waals surface area contributed by atoms with Crippen LogP contribution in [0.5, 0.6) is 0 Å². The first-order valence-electron chi connectivity index (χ1n) is 5.99. The third-order valence-electron chi connectivity index (χ3n) is 2.67. The number of carbonyl (C=O) groups excluding carboxylic acids is 1. The lowest BCUT2D eigenvalue weighted by Gasteiger charge is -2.07. The molecule has 0 bridgehead atoms. The number of nitrogens with two attached hydrogens (primary N) is 1. The van der Waals surface area contributed by atoms with Crippen molar-refractivity contribution in [2.24, 2.45) is 0 Å². The van der Waals surface area contributed by atoms with Gasteiger partial charge < -0.3 is 16.2 Å². The average molecular weight is 306 g/mol. The van der Waals surface area contributed by atoms with Crippen LogP contribution in [0.25, 0.3) is 0 Å². The molecule has 108 valence electrons. The molecule has 0 radical (unpaired) electrons. The molecule has 1 amide bonds. The van der Waals surface area contributed by atoms with Crippen LogP contribution in [0.1, 0.15) is 16.1 Å². The van der Waals surface area contributed by atoms with Crippen molar-refractivity contribution in [2.75, 3.05) is 11.1 Å². The molecule has 2 rings (SSSR count). The molecule has 0 aliphatic heterocycles. The summed E-state index contributed by atoms with van der Waals surface area (Å²) in [5.74, 6) is -1.41. The van der Waals surface area contributed by atoms with Crippen molar-refractivity contribution in [1.29, 1.82) is 0 Å². The lowest BCUT2D eigenvalue weighted by atomic mass is 10.2. The van der Waals surface area contributed by atoms with E-state index in [0.29, 0.717) is 17.1 Å². The number of anilines is 2. The van der Waals surface area contributed by atoms with Crippen molar-refractivity contribution < 1.29 is 14.7 Å². The third-order valence-corrected chi connectivity index (χ3v) is 2.99. The Bertz CT molecular complexity index is 686. The van der Waals surface area contributed by atoms with Gasteiger partial charge in [0, 0.05) is 11.4 Å². The van der Waals surface area contributed by atoms with Gasteiger partial charge in [-0.25, -0.2) is 4.79 Å². The fraction of sp³-hybridized carbons (Fsp3) is 0.0714. The van der Waals surface area contributed by atoms with Gasteiger partial charge in [0.25, 0.3) is 0 Å². The van der Waals surface area contributed by atoms with Crippen LogP contribution in [-0.2, 0) is 11.2 Å². The lowest BCUT2D eigenvalue weighted by Crippen LogP contribution is -2.15. The van der Waals surface area contributed by atoms with Crippen LogP contribution in [-0.4, -0.2) is 22.0 Å². The third kappa shape index (κ3) is 3.93. The SMILES string of the molecule is Nc1ccc(CC(=O)Nc2ccc(C(=O)O)c(Cl)c2)nc1. The molecule has 0 atom stereocenters. The van der Waals surface area contributed by atoms with Gasteiger partial charge in [0.15, 0.2) is 0 Å². The van der Waals surface area contributed by atoms with Crippen LogP contribution in [0.4, 0.5) is 11.4 Å². The van der Waals surface area contributed by atoms with Crippen molar-refractivity contribution in [3.63, 3.8) is 0 Å². The fourth-order valence-electron chi connectivity index (χ4n) is 1.68. The molecule has 0 spiro atoms. The highest BCUT2D eigenvalue weighted by Crippen LogP contribution is 2.21. The molecule has 0 saturated heterocycles. The molecule has 6 nitrogen and oxygen atoms in total. The number of carbonyl (C=O) groups is 2. The Morgan fingerprint density at radius 2 is 2.05 bits per heavy atom.